The molecule has 0 unspecified atom stereocenters. The van der Waals surface area contributed by atoms with Crippen LogP contribution >= 0.6 is 11.3 Å². The van der Waals surface area contributed by atoms with Gasteiger partial charge in [0.15, 0.2) is 10.9 Å². The third-order valence-corrected chi connectivity index (χ3v) is 5.20. The van der Waals surface area contributed by atoms with Crippen LogP contribution in [0.1, 0.15) is 15.9 Å². The number of aryl methyl sites for hydroxylation is 1. The van der Waals surface area contributed by atoms with E-state index in [0.717, 1.165) is 28.2 Å². The second-order valence-electron chi connectivity index (χ2n) is 6.67. The first-order valence-electron chi connectivity index (χ1n) is 8.94. The zero-order chi connectivity index (χ0) is 20.4. The van der Waals surface area contributed by atoms with Crippen molar-refractivity contribution in [1.29, 1.82) is 0 Å². The molecule has 4 rings (SSSR count). The summed E-state index contributed by atoms with van der Waals surface area (Å²) in [5, 5.41) is 9.00. The molecule has 3 heterocycles. The van der Waals surface area contributed by atoms with E-state index in [1.165, 1.54) is 17.5 Å². The number of benzene rings is 1. The monoisotopic (exact) mass is 405 g/mol. The summed E-state index contributed by atoms with van der Waals surface area (Å²) in [6, 6.07) is 11.6. The molecular weight excluding hydrogens is 386 g/mol. The number of carbonyl (C=O) groups is 1. The van der Waals surface area contributed by atoms with Gasteiger partial charge in [0.25, 0.3) is 5.91 Å². The highest BCUT2D eigenvalue weighted by atomic mass is 32.1. The number of nitrogens with one attached hydrogen (secondary N) is 1. The van der Waals surface area contributed by atoms with E-state index in [-0.39, 0.29) is 5.91 Å². The SMILES string of the molecule is Cc1cccnc1-c1csc(NC(=O)c2cnoc2-c2ccc(N(C)C)cc2)n1. The number of amides is 1. The molecule has 29 heavy (non-hydrogen) atoms. The minimum atomic E-state index is -0.323. The molecule has 1 amide bonds. The molecule has 1 aromatic carbocycles. The van der Waals surface area contributed by atoms with Crippen LogP contribution in [0.5, 0.6) is 0 Å². The topological polar surface area (TPSA) is 84.2 Å². The van der Waals surface area contributed by atoms with Gasteiger partial charge in [-0.1, -0.05) is 11.2 Å². The molecule has 0 saturated carbocycles. The van der Waals surface area contributed by atoms with Crippen LogP contribution in [-0.2, 0) is 0 Å². The van der Waals surface area contributed by atoms with Gasteiger partial charge in [-0.05, 0) is 42.8 Å². The number of thiazole rings is 1. The van der Waals surface area contributed by atoms with Gasteiger partial charge in [0, 0.05) is 36.9 Å². The van der Waals surface area contributed by atoms with Crippen molar-refractivity contribution >= 4 is 28.1 Å². The van der Waals surface area contributed by atoms with Crippen LogP contribution in [0.25, 0.3) is 22.7 Å². The number of nitrogens with zero attached hydrogens (tertiary/aromatic N) is 4. The summed E-state index contributed by atoms with van der Waals surface area (Å²) < 4.78 is 5.35. The maximum Gasteiger partial charge on any atom is 0.263 e. The van der Waals surface area contributed by atoms with E-state index in [4.69, 9.17) is 4.52 Å². The van der Waals surface area contributed by atoms with Crippen LogP contribution in [0.4, 0.5) is 10.8 Å². The number of carbonyl (C=O) groups excluding carboxylic acids is 1. The van der Waals surface area contributed by atoms with Crippen LogP contribution in [0.2, 0.25) is 0 Å². The van der Waals surface area contributed by atoms with Crippen molar-refractivity contribution < 1.29 is 9.32 Å². The zero-order valence-corrected chi connectivity index (χ0v) is 17.0. The molecule has 0 atom stereocenters. The molecule has 8 heteroatoms. The van der Waals surface area contributed by atoms with Gasteiger partial charge in [0.05, 0.1) is 11.9 Å². The van der Waals surface area contributed by atoms with Gasteiger partial charge in [0.1, 0.15) is 11.3 Å². The maximum absolute atomic E-state index is 12.8. The van der Waals surface area contributed by atoms with E-state index in [0.29, 0.717) is 16.5 Å². The molecule has 7 nitrogen and oxygen atoms in total. The molecule has 0 saturated heterocycles. The van der Waals surface area contributed by atoms with E-state index in [2.05, 4.69) is 20.4 Å². The number of hydrogen-bond acceptors (Lipinski definition) is 7. The quantitative estimate of drug-likeness (QED) is 0.527. The van der Waals surface area contributed by atoms with Crippen LogP contribution in [-0.4, -0.2) is 35.1 Å². The lowest BCUT2D eigenvalue weighted by Gasteiger charge is -2.12. The molecule has 146 valence electrons. The third kappa shape index (κ3) is 3.88. The fourth-order valence-electron chi connectivity index (χ4n) is 2.88. The minimum absolute atomic E-state index is 0.323. The summed E-state index contributed by atoms with van der Waals surface area (Å²) in [5.74, 6) is 0.0988. The second kappa shape index (κ2) is 7.84. The van der Waals surface area contributed by atoms with Crippen LogP contribution in [0.15, 0.2) is 58.7 Å². The van der Waals surface area contributed by atoms with Crippen LogP contribution in [0.3, 0.4) is 0 Å². The van der Waals surface area contributed by atoms with Gasteiger partial charge in [0.2, 0.25) is 0 Å². The second-order valence-corrected chi connectivity index (χ2v) is 7.53. The van der Waals surface area contributed by atoms with Gasteiger partial charge in [-0.2, -0.15) is 0 Å². The lowest BCUT2D eigenvalue weighted by Crippen LogP contribution is -2.12. The fraction of sp³-hybridized carbons (Fsp3) is 0.143. The van der Waals surface area contributed by atoms with E-state index in [1.807, 2.05) is 67.7 Å². The Labute approximate surface area is 172 Å². The molecule has 0 aliphatic rings. The Morgan fingerprint density at radius 2 is 1.97 bits per heavy atom. The summed E-state index contributed by atoms with van der Waals surface area (Å²) >= 11 is 1.35. The minimum Gasteiger partial charge on any atom is -0.378 e. The van der Waals surface area contributed by atoms with E-state index < -0.39 is 0 Å². The Hall–Kier alpha value is -3.52. The van der Waals surface area contributed by atoms with Gasteiger partial charge in [-0.25, -0.2) is 4.98 Å². The lowest BCUT2D eigenvalue weighted by molar-refractivity contribution is 0.102. The first-order valence-corrected chi connectivity index (χ1v) is 9.82. The van der Waals surface area contributed by atoms with Gasteiger partial charge >= 0.3 is 0 Å². The molecule has 1 N–H and O–H groups in total. The number of hydrogen-bond donors (Lipinski definition) is 1. The van der Waals surface area contributed by atoms with Gasteiger partial charge < -0.3 is 9.42 Å². The summed E-state index contributed by atoms with van der Waals surface area (Å²) in [7, 11) is 3.94. The molecule has 3 aromatic heterocycles. The standard InChI is InChI=1S/C21H19N5O2S/c1-13-5-4-10-22-18(13)17-12-29-21(24-17)25-20(27)16-11-23-28-19(16)14-6-8-15(9-7-14)26(2)3/h4-12H,1-3H3,(H,24,25,27). The normalized spacial score (nSPS) is 10.7. The van der Waals surface area contributed by atoms with Crippen molar-refractivity contribution in [1.82, 2.24) is 15.1 Å². The molecular formula is C21H19N5O2S. The van der Waals surface area contributed by atoms with Crippen molar-refractivity contribution in [2.24, 2.45) is 0 Å². The average Bonchev–Trinajstić information content (AvgIpc) is 3.38. The van der Waals surface area contributed by atoms with Crippen molar-refractivity contribution in [3.63, 3.8) is 0 Å². The van der Waals surface area contributed by atoms with E-state index in [9.17, 15) is 4.79 Å². The number of anilines is 2. The first-order chi connectivity index (χ1) is 14.0. The Kier molecular flexibility index (Phi) is 5.09. The zero-order valence-electron chi connectivity index (χ0n) is 16.2. The molecule has 4 aromatic rings. The molecule has 0 radical (unpaired) electrons. The molecule has 0 fully saturated rings. The largest absolute Gasteiger partial charge is 0.378 e. The number of pyridine rings is 1. The summed E-state index contributed by atoms with van der Waals surface area (Å²) in [5.41, 5.74) is 4.75. The van der Waals surface area contributed by atoms with Crippen LogP contribution in [0, 0.1) is 6.92 Å². The fourth-order valence-corrected chi connectivity index (χ4v) is 3.57. The maximum atomic E-state index is 12.8. The van der Waals surface area contributed by atoms with Crippen molar-refractivity contribution in [2.75, 3.05) is 24.3 Å². The Bertz CT molecular complexity index is 1150. The van der Waals surface area contributed by atoms with E-state index >= 15 is 0 Å². The smallest absolute Gasteiger partial charge is 0.263 e. The van der Waals surface area contributed by atoms with Crippen LogP contribution < -0.4 is 10.2 Å². The predicted molar refractivity (Wildman–Crippen MR) is 114 cm³/mol. The molecule has 0 aliphatic heterocycles. The lowest BCUT2D eigenvalue weighted by atomic mass is 10.1. The molecule has 0 aliphatic carbocycles. The Morgan fingerprint density at radius 3 is 2.69 bits per heavy atom. The van der Waals surface area contributed by atoms with Crippen molar-refractivity contribution in [3.8, 4) is 22.7 Å². The third-order valence-electron chi connectivity index (χ3n) is 4.44. The number of aromatic nitrogens is 3. The average molecular weight is 405 g/mol. The van der Waals surface area contributed by atoms with Gasteiger partial charge in [-0.3, -0.25) is 15.1 Å². The summed E-state index contributed by atoms with van der Waals surface area (Å²) in [6.45, 7) is 1.98. The summed E-state index contributed by atoms with van der Waals surface area (Å²) in [4.78, 5) is 23.6. The Balaban J connectivity index is 1.55. The molecule has 0 bridgehead atoms. The highest BCUT2D eigenvalue weighted by Crippen LogP contribution is 2.28. The highest BCUT2D eigenvalue weighted by molar-refractivity contribution is 7.14. The Morgan fingerprint density at radius 1 is 1.17 bits per heavy atom. The summed E-state index contributed by atoms with van der Waals surface area (Å²) in [6.07, 6.45) is 3.15. The predicted octanol–water partition coefficient (Wildman–Crippen LogP) is 4.49. The highest BCUT2D eigenvalue weighted by Gasteiger charge is 2.19. The first kappa shape index (κ1) is 18.8. The van der Waals surface area contributed by atoms with E-state index in [1.54, 1.807) is 6.20 Å². The molecule has 0 spiro atoms. The van der Waals surface area contributed by atoms with Crippen molar-refractivity contribution in [3.05, 3.63) is 65.3 Å². The number of rotatable bonds is 5. The van der Waals surface area contributed by atoms with Crippen molar-refractivity contribution in [2.45, 2.75) is 6.92 Å². The van der Waals surface area contributed by atoms with Gasteiger partial charge in [-0.15, -0.1) is 11.3 Å².